The van der Waals surface area contributed by atoms with Crippen LogP contribution < -0.4 is 5.32 Å². The van der Waals surface area contributed by atoms with Crippen LogP contribution in [0.4, 0.5) is 0 Å². The molecule has 2 N–H and O–H groups in total. The third-order valence-electron chi connectivity index (χ3n) is 3.61. The molecule has 0 aliphatic carbocycles. The van der Waals surface area contributed by atoms with Crippen LogP contribution in [0.2, 0.25) is 0 Å². The van der Waals surface area contributed by atoms with Gasteiger partial charge in [-0.05, 0) is 25.7 Å². The average Bonchev–Trinajstić information content (AvgIpc) is 2.40. The van der Waals surface area contributed by atoms with E-state index in [1.54, 1.807) is 0 Å². The molecule has 0 spiro atoms. The van der Waals surface area contributed by atoms with E-state index in [1.165, 1.54) is 32.1 Å². The Kier molecular flexibility index (Phi) is 12.8. The summed E-state index contributed by atoms with van der Waals surface area (Å²) in [4.78, 5) is 0. The smallest absolute Gasteiger partial charge is 0.0897 e. The molecule has 0 heterocycles. The SMILES string of the molecule is CCCCCCOCC(O)CNC(C)CC(C)CC. The van der Waals surface area contributed by atoms with Gasteiger partial charge in [0, 0.05) is 19.2 Å². The zero-order chi connectivity index (χ0) is 14.5. The van der Waals surface area contributed by atoms with Crippen LogP contribution >= 0.6 is 0 Å². The summed E-state index contributed by atoms with van der Waals surface area (Å²) in [6, 6.07) is 0.467. The summed E-state index contributed by atoms with van der Waals surface area (Å²) in [5, 5.41) is 13.2. The zero-order valence-electron chi connectivity index (χ0n) is 13.5. The average molecular weight is 273 g/mol. The summed E-state index contributed by atoms with van der Waals surface area (Å²) in [6.07, 6.45) is 6.87. The van der Waals surface area contributed by atoms with Gasteiger partial charge in [0.1, 0.15) is 0 Å². The molecule has 0 amide bonds. The van der Waals surface area contributed by atoms with Crippen molar-refractivity contribution >= 4 is 0 Å². The van der Waals surface area contributed by atoms with Gasteiger partial charge in [-0.25, -0.2) is 0 Å². The number of aliphatic hydroxyl groups is 1. The normalized spacial score (nSPS) is 16.3. The Morgan fingerprint density at radius 2 is 1.84 bits per heavy atom. The molecule has 0 aromatic carbocycles. The lowest BCUT2D eigenvalue weighted by Gasteiger charge is -2.19. The van der Waals surface area contributed by atoms with E-state index in [0.717, 1.165) is 18.9 Å². The van der Waals surface area contributed by atoms with Gasteiger partial charge in [0.15, 0.2) is 0 Å². The molecule has 0 aliphatic rings. The van der Waals surface area contributed by atoms with Crippen LogP contribution in [-0.2, 0) is 4.74 Å². The summed E-state index contributed by atoms with van der Waals surface area (Å²) in [5.41, 5.74) is 0. The van der Waals surface area contributed by atoms with Gasteiger partial charge in [-0.3, -0.25) is 0 Å². The van der Waals surface area contributed by atoms with E-state index >= 15 is 0 Å². The highest BCUT2D eigenvalue weighted by atomic mass is 16.5. The summed E-state index contributed by atoms with van der Waals surface area (Å²) < 4.78 is 5.49. The van der Waals surface area contributed by atoms with E-state index in [9.17, 15) is 5.11 Å². The topological polar surface area (TPSA) is 41.5 Å². The Balaban J connectivity index is 3.40. The first-order chi connectivity index (χ1) is 9.10. The van der Waals surface area contributed by atoms with Crippen molar-refractivity contribution < 1.29 is 9.84 Å². The highest BCUT2D eigenvalue weighted by Gasteiger charge is 2.09. The third-order valence-corrected chi connectivity index (χ3v) is 3.61. The minimum atomic E-state index is -0.384. The second-order valence-corrected chi connectivity index (χ2v) is 5.85. The van der Waals surface area contributed by atoms with Crippen molar-refractivity contribution in [1.82, 2.24) is 5.32 Å². The highest BCUT2D eigenvalue weighted by molar-refractivity contribution is 4.67. The highest BCUT2D eigenvalue weighted by Crippen LogP contribution is 2.09. The Bertz CT molecular complexity index is 188. The Morgan fingerprint density at radius 1 is 1.11 bits per heavy atom. The summed E-state index contributed by atoms with van der Waals surface area (Å²) in [5.74, 6) is 0.745. The lowest BCUT2D eigenvalue weighted by Crippen LogP contribution is -2.36. The van der Waals surface area contributed by atoms with Crippen molar-refractivity contribution in [2.24, 2.45) is 5.92 Å². The van der Waals surface area contributed by atoms with Crippen molar-refractivity contribution in [2.45, 2.75) is 78.4 Å². The molecule has 0 fully saturated rings. The van der Waals surface area contributed by atoms with Crippen LogP contribution in [0.3, 0.4) is 0 Å². The molecule has 3 nitrogen and oxygen atoms in total. The van der Waals surface area contributed by atoms with Gasteiger partial charge < -0.3 is 15.2 Å². The van der Waals surface area contributed by atoms with Gasteiger partial charge in [0.2, 0.25) is 0 Å². The van der Waals surface area contributed by atoms with E-state index in [2.05, 4.69) is 33.0 Å². The number of rotatable bonds is 13. The first-order valence-electron chi connectivity index (χ1n) is 8.09. The molecule has 3 unspecified atom stereocenters. The lowest BCUT2D eigenvalue weighted by atomic mass is 10.0. The summed E-state index contributed by atoms with van der Waals surface area (Å²) in [7, 11) is 0. The Morgan fingerprint density at radius 3 is 2.47 bits per heavy atom. The van der Waals surface area contributed by atoms with Gasteiger partial charge in [-0.2, -0.15) is 0 Å². The number of unbranched alkanes of at least 4 members (excludes halogenated alkanes) is 3. The Hall–Kier alpha value is -0.120. The summed E-state index contributed by atoms with van der Waals surface area (Å²) in [6.45, 7) is 10.7. The monoisotopic (exact) mass is 273 g/mol. The van der Waals surface area contributed by atoms with Gasteiger partial charge in [-0.15, -0.1) is 0 Å². The van der Waals surface area contributed by atoms with Gasteiger partial charge in [0.25, 0.3) is 0 Å². The number of hydrogen-bond donors (Lipinski definition) is 2. The van der Waals surface area contributed by atoms with Gasteiger partial charge in [0.05, 0.1) is 12.7 Å². The third kappa shape index (κ3) is 12.6. The van der Waals surface area contributed by atoms with Crippen LogP contribution in [-0.4, -0.2) is 37.0 Å². The summed E-state index contributed by atoms with van der Waals surface area (Å²) >= 11 is 0. The predicted molar refractivity (Wildman–Crippen MR) is 82.5 cm³/mol. The molecule has 0 radical (unpaired) electrons. The number of hydrogen-bond acceptors (Lipinski definition) is 3. The largest absolute Gasteiger partial charge is 0.389 e. The van der Waals surface area contributed by atoms with E-state index in [0.29, 0.717) is 19.2 Å². The van der Waals surface area contributed by atoms with Crippen molar-refractivity contribution in [3.63, 3.8) is 0 Å². The molecule has 0 aromatic heterocycles. The number of nitrogens with one attached hydrogen (secondary N) is 1. The molecule has 0 aromatic rings. The molecule has 116 valence electrons. The maximum absolute atomic E-state index is 9.80. The van der Waals surface area contributed by atoms with Crippen LogP contribution in [0, 0.1) is 5.92 Å². The van der Waals surface area contributed by atoms with Gasteiger partial charge >= 0.3 is 0 Å². The zero-order valence-corrected chi connectivity index (χ0v) is 13.5. The molecular formula is C16H35NO2. The molecule has 19 heavy (non-hydrogen) atoms. The number of ether oxygens (including phenoxy) is 1. The fourth-order valence-corrected chi connectivity index (χ4v) is 2.10. The van der Waals surface area contributed by atoms with Crippen LogP contribution in [0.15, 0.2) is 0 Å². The molecule has 3 atom stereocenters. The van der Waals surface area contributed by atoms with E-state index in [-0.39, 0.29) is 6.10 Å². The lowest BCUT2D eigenvalue weighted by molar-refractivity contribution is 0.0340. The van der Waals surface area contributed by atoms with Gasteiger partial charge in [-0.1, -0.05) is 46.5 Å². The molecule has 0 saturated heterocycles. The minimum absolute atomic E-state index is 0.384. The van der Waals surface area contributed by atoms with Crippen molar-refractivity contribution in [1.29, 1.82) is 0 Å². The molecule has 0 saturated carbocycles. The van der Waals surface area contributed by atoms with E-state index in [1.807, 2.05) is 0 Å². The van der Waals surface area contributed by atoms with Crippen LogP contribution in [0.5, 0.6) is 0 Å². The molecule has 0 aliphatic heterocycles. The predicted octanol–water partition coefficient (Wildman–Crippen LogP) is 3.36. The van der Waals surface area contributed by atoms with E-state index < -0.39 is 0 Å². The number of aliphatic hydroxyl groups excluding tert-OH is 1. The van der Waals surface area contributed by atoms with Crippen LogP contribution in [0.1, 0.15) is 66.2 Å². The van der Waals surface area contributed by atoms with Crippen LogP contribution in [0.25, 0.3) is 0 Å². The fourth-order valence-electron chi connectivity index (χ4n) is 2.10. The van der Waals surface area contributed by atoms with E-state index in [4.69, 9.17) is 4.74 Å². The molecule has 0 rings (SSSR count). The first-order valence-corrected chi connectivity index (χ1v) is 8.09. The molecule has 0 bridgehead atoms. The fraction of sp³-hybridized carbons (Fsp3) is 1.00. The Labute approximate surface area is 120 Å². The first kappa shape index (κ1) is 18.9. The standard InChI is InChI=1S/C16H35NO2/c1-5-7-8-9-10-19-13-16(18)12-17-15(4)11-14(3)6-2/h14-18H,5-13H2,1-4H3. The molecule has 3 heteroatoms. The quantitative estimate of drug-likeness (QED) is 0.506. The van der Waals surface area contributed by atoms with Crippen molar-refractivity contribution in [3.8, 4) is 0 Å². The van der Waals surface area contributed by atoms with Crippen molar-refractivity contribution in [3.05, 3.63) is 0 Å². The maximum atomic E-state index is 9.80. The maximum Gasteiger partial charge on any atom is 0.0897 e. The minimum Gasteiger partial charge on any atom is -0.389 e. The molecular weight excluding hydrogens is 238 g/mol. The second kappa shape index (κ2) is 12.9. The second-order valence-electron chi connectivity index (χ2n) is 5.85. The van der Waals surface area contributed by atoms with Crippen molar-refractivity contribution in [2.75, 3.05) is 19.8 Å².